The molecule has 1 aromatic heterocycles. The molecule has 0 unspecified atom stereocenters. The molecule has 0 aliphatic carbocycles. The molecular weight excluding hydrogens is 299 g/mol. The monoisotopic (exact) mass is 322 g/mol. The third-order valence-electron chi connectivity index (χ3n) is 3.68. The van der Waals surface area contributed by atoms with Crippen molar-refractivity contribution in [1.82, 2.24) is 20.0 Å². The minimum atomic E-state index is 0. The number of aryl methyl sites for hydroxylation is 2. The third kappa shape index (κ3) is 4.36. The van der Waals surface area contributed by atoms with Gasteiger partial charge in [-0.1, -0.05) is 0 Å². The van der Waals surface area contributed by atoms with Crippen LogP contribution in [-0.4, -0.2) is 46.8 Å². The first-order chi connectivity index (χ1) is 8.59. The van der Waals surface area contributed by atoms with Crippen molar-refractivity contribution in [3.63, 3.8) is 0 Å². The fourth-order valence-electron chi connectivity index (χ4n) is 2.43. The molecule has 0 saturated carbocycles. The van der Waals surface area contributed by atoms with Gasteiger partial charge in [0.15, 0.2) is 0 Å². The Morgan fingerprint density at radius 1 is 1.25 bits per heavy atom. The lowest BCUT2D eigenvalue weighted by molar-refractivity contribution is -0.130. The van der Waals surface area contributed by atoms with Gasteiger partial charge in [0.25, 0.3) is 0 Å². The van der Waals surface area contributed by atoms with Gasteiger partial charge >= 0.3 is 0 Å². The number of aromatic nitrogens is 2. The van der Waals surface area contributed by atoms with E-state index in [4.69, 9.17) is 0 Å². The van der Waals surface area contributed by atoms with Crippen LogP contribution in [-0.2, 0) is 18.3 Å². The van der Waals surface area contributed by atoms with Crippen LogP contribution >= 0.6 is 24.8 Å². The van der Waals surface area contributed by atoms with E-state index in [1.165, 1.54) is 0 Å². The van der Waals surface area contributed by atoms with Crippen molar-refractivity contribution in [3.8, 4) is 0 Å². The summed E-state index contributed by atoms with van der Waals surface area (Å²) in [6.07, 6.45) is 1.52. The highest BCUT2D eigenvalue weighted by atomic mass is 35.5. The van der Waals surface area contributed by atoms with Gasteiger partial charge in [-0.3, -0.25) is 9.48 Å². The summed E-state index contributed by atoms with van der Waals surface area (Å²) >= 11 is 0. The highest BCUT2D eigenvalue weighted by Gasteiger charge is 2.19. The Bertz CT molecular complexity index is 440. The van der Waals surface area contributed by atoms with E-state index in [1.54, 1.807) is 0 Å². The Kier molecular flexibility index (Phi) is 8.16. The van der Waals surface area contributed by atoms with Gasteiger partial charge in [0.05, 0.1) is 12.1 Å². The van der Waals surface area contributed by atoms with E-state index in [9.17, 15) is 4.79 Å². The maximum atomic E-state index is 12.3. The predicted molar refractivity (Wildman–Crippen MR) is 84.9 cm³/mol. The van der Waals surface area contributed by atoms with Crippen LogP contribution in [0.2, 0.25) is 0 Å². The van der Waals surface area contributed by atoms with Crippen LogP contribution < -0.4 is 5.32 Å². The zero-order valence-corrected chi connectivity index (χ0v) is 13.9. The Balaban J connectivity index is 0.00000180. The topological polar surface area (TPSA) is 50.2 Å². The molecule has 0 bridgehead atoms. The summed E-state index contributed by atoms with van der Waals surface area (Å²) in [7, 11) is 1.92. The maximum absolute atomic E-state index is 12.3. The van der Waals surface area contributed by atoms with Gasteiger partial charge in [0, 0.05) is 37.9 Å². The van der Waals surface area contributed by atoms with E-state index in [-0.39, 0.29) is 30.7 Å². The van der Waals surface area contributed by atoms with Gasteiger partial charge in [-0.2, -0.15) is 5.10 Å². The van der Waals surface area contributed by atoms with Gasteiger partial charge in [-0.05, 0) is 26.8 Å². The summed E-state index contributed by atoms with van der Waals surface area (Å²) in [5.41, 5.74) is 3.14. The number of hydrogen-bond acceptors (Lipinski definition) is 3. The van der Waals surface area contributed by atoms with Crippen LogP contribution in [0, 0.1) is 13.8 Å². The molecule has 1 aromatic rings. The number of hydrogen-bond donors (Lipinski definition) is 1. The molecule has 1 aliphatic rings. The van der Waals surface area contributed by atoms with E-state index in [0.29, 0.717) is 6.42 Å². The van der Waals surface area contributed by atoms with Crippen molar-refractivity contribution in [2.24, 2.45) is 7.05 Å². The molecule has 2 rings (SSSR count). The Morgan fingerprint density at radius 3 is 2.55 bits per heavy atom. The van der Waals surface area contributed by atoms with Crippen LogP contribution in [0.3, 0.4) is 0 Å². The van der Waals surface area contributed by atoms with E-state index >= 15 is 0 Å². The fourth-order valence-corrected chi connectivity index (χ4v) is 2.43. The van der Waals surface area contributed by atoms with Gasteiger partial charge in [-0.25, -0.2) is 0 Å². The zero-order valence-electron chi connectivity index (χ0n) is 12.3. The molecule has 0 aromatic carbocycles. The van der Waals surface area contributed by atoms with Gasteiger partial charge in [-0.15, -0.1) is 24.8 Å². The number of rotatable bonds is 2. The maximum Gasteiger partial charge on any atom is 0.227 e. The molecule has 0 spiro atoms. The number of nitrogens with zero attached hydrogens (tertiary/aromatic N) is 3. The van der Waals surface area contributed by atoms with Gasteiger partial charge < -0.3 is 10.2 Å². The molecule has 116 valence electrons. The predicted octanol–water partition coefficient (Wildman–Crippen LogP) is 1.24. The van der Waals surface area contributed by atoms with Gasteiger partial charge in [0.1, 0.15) is 0 Å². The normalized spacial score (nSPS) is 15.1. The highest BCUT2D eigenvalue weighted by molar-refractivity contribution is 5.85. The molecule has 1 fully saturated rings. The van der Waals surface area contributed by atoms with Crippen molar-refractivity contribution in [1.29, 1.82) is 0 Å². The lowest BCUT2D eigenvalue weighted by Gasteiger charge is -2.20. The van der Waals surface area contributed by atoms with Crippen molar-refractivity contribution in [3.05, 3.63) is 17.0 Å². The smallest absolute Gasteiger partial charge is 0.227 e. The molecule has 2 heterocycles. The summed E-state index contributed by atoms with van der Waals surface area (Å²) in [5, 5.41) is 7.67. The number of carbonyl (C=O) groups is 1. The number of halogens is 2. The summed E-state index contributed by atoms with van der Waals surface area (Å²) in [6.45, 7) is 7.58. The summed E-state index contributed by atoms with van der Waals surface area (Å²) in [6, 6.07) is 0. The molecule has 20 heavy (non-hydrogen) atoms. The second-order valence-corrected chi connectivity index (χ2v) is 4.93. The second-order valence-electron chi connectivity index (χ2n) is 4.93. The lowest BCUT2D eigenvalue weighted by atomic mass is 10.1. The Labute approximate surface area is 132 Å². The molecule has 1 saturated heterocycles. The number of carbonyl (C=O) groups excluding carboxylic acids is 1. The molecule has 0 radical (unpaired) electrons. The van der Waals surface area contributed by atoms with Crippen LogP contribution in [0.25, 0.3) is 0 Å². The van der Waals surface area contributed by atoms with Crippen molar-refractivity contribution in [2.75, 3.05) is 26.2 Å². The Morgan fingerprint density at radius 2 is 1.95 bits per heavy atom. The van der Waals surface area contributed by atoms with E-state index in [0.717, 1.165) is 49.6 Å². The standard InChI is InChI=1S/C13H22N4O.2ClH/c1-10-12(11(2)16(3)15-10)9-13(18)17-7-4-5-14-6-8-17;;/h14H,4-9H2,1-3H3;2*1H. The summed E-state index contributed by atoms with van der Waals surface area (Å²) in [4.78, 5) is 14.3. The first kappa shape index (κ1) is 19.2. The SMILES string of the molecule is Cc1nn(C)c(C)c1CC(=O)N1CCCNCC1.Cl.Cl. The zero-order chi connectivity index (χ0) is 13.1. The van der Waals surface area contributed by atoms with Crippen molar-refractivity contribution < 1.29 is 4.79 Å². The fraction of sp³-hybridized carbons (Fsp3) is 0.692. The summed E-state index contributed by atoms with van der Waals surface area (Å²) in [5.74, 6) is 0.220. The molecule has 5 nitrogen and oxygen atoms in total. The van der Waals surface area contributed by atoms with E-state index < -0.39 is 0 Å². The van der Waals surface area contributed by atoms with Gasteiger partial charge in [0.2, 0.25) is 5.91 Å². The summed E-state index contributed by atoms with van der Waals surface area (Å²) < 4.78 is 1.85. The molecule has 7 heteroatoms. The lowest BCUT2D eigenvalue weighted by Crippen LogP contribution is -2.35. The van der Waals surface area contributed by atoms with Crippen LogP contribution in [0.1, 0.15) is 23.4 Å². The average Bonchev–Trinajstić information content (AvgIpc) is 2.58. The average molecular weight is 323 g/mol. The molecule has 1 N–H and O–H groups in total. The second kappa shape index (κ2) is 8.49. The minimum absolute atomic E-state index is 0. The van der Waals surface area contributed by atoms with Crippen molar-refractivity contribution >= 4 is 30.7 Å². The number of amides is 1. The van der Waals surface area contributed by atoms with Crippen molar-refractivity contribution in [2.45, 2.75) is 26.7 Å². The molecular formula is C13H24Cl2N4O. The third-order valence-corrected chi connectivity index (χ3v) is 3.68. The quantitative estimate of drug-likeness (QED) is 0.891. The largest absolute Gasteiger partial charge is 0.341 e. The molecule has 1 amide bonds. The first-order valence-electron chi connectivity index (χ1n) is 6.57. The Hall–Kier alpha value is -0.780. The van der Waals surface area contributed by atoms with Crippen LogP contribution in [0.15, 0.2) is 0 Å². The van der Waals surface area contributed by atoms with Crippen LogP contribution in [0.4, 0.5) is 0 Å². The number of nitrogens with one attached hydrogen (secondary N) is 1. The molecule has 0 atom stereocenters. The van der Waals surface area contributed by atoms with E-state index in [1.807, 2.05) is 30.5 Å². The van der Waals surface area contributed by atoms with Crippen LogP contribution in [0.5, 0.6) is 0 Å². The van der Waals surface area contributed by atoms with E-state index in [2.05, 4.69) is 10.4 Å². The molecule has 1 aliphatic heterocycles. The first-order valence-corrected chi connectivity index (χ1v) is 6.57. The highest BCUT2D eigenvalue weighted by Crippen LogP contribution is 2.14. The minimum Gasteiger partial charge on any atom is -0.341 e.